The first-order valence-corrected chi connectivity index (χ1v) is 8.32. The van der Waals surface area contributed by atoms with Gasteiger partial charge in [0.1, 0.15) is 0 Å². The van der Waals surface area contributed by atoms with E-state index in [0.29, 0.717) is 28.5 Å². The van der Waals surface area contributed by atoms with E-state index in [1.54, 1.807) is 30.7 Å². The van der Waals surface area contributed by atoms with Gasteiger partial charge in [-0.3, -0.25) is 4.79 Å². The second-order valence-electron chi connectivity index (χ2n) is 7.14. The van der Waals surface area contributed by atoms with Crippen molar-refractivity contribution in [3.05, 3.63) is 34.2 Å². The molecule has 24 heavy (non-hydrogen) atoms. The predicted molar refractivity (Wildman–Crippen MR) is 87.3 cm³/mol. The van der Waals surface area contributed by atoms with Crippen molar-refractivity contribution in [1.82, 2.24) is 25.3 Å². The maximum atomic E-state index is 12.6. The SMILES string of the molecule is CC(C)(CO)NC(=O)c1nn(-c2ccc(Cl)nn2)c2c1C[C@H]1C[C@@H]21. The molecule has 8 heteroatoms. The first-order valence-electron chi connectivity index (χ1n) is 7.94. The van der Waals surface area contributed by atoms with Crippen molar-refractivity contribution in [1.29, 1.82) is 0 Å². The summed E-state index contributed by atoms with van der Waals surface area (Å²) in [6.07, 6.45) is 1.99. The lowest BCUT2D eigenvalue weighted by Gasteiger charge is -2.23. The number of carbonyl (C=O) groups excluding carboxylic acids is 1. The number of aliphatic hydroxyl groups is 1. The van der Waals surface area contributed by atoms with Crippen LogP contribution in [0.25, 0.3) is 5.82 Å². The molecule has 0 aromatic carbocycles. The van der Waals surface area contributed by atoms with Crippen LogP contribution in [0.15, 0.2) is 12.1 Å². The van der Waals surface area contributed by atoms with Crippen LogP contribution >= 0.6 is 11.6 Å². The Kier molecular flexibility index (Phi) is 3.40. The van der Waals surface area contributed by atoms with E-state index in [2.05, 4.69) is 20.6 Å². The Morgan fingerprint density at radius 2 is 2.25 bits per heavy atom. The topological polar surface area (TPSA) is 92.9 Å². The minimum atomic E-state index is -0.699. The molecule has 0 aliphatic heterocycles. The number of nitrogens with one attached hydrogen (secondary N) is 1. The highest BCUT2D eigenvalue weighted by Crippen LogP contribution is 2.57. The van der Waals surface area contributed by atoms with Gasteiger partial charge in [-0.15, -0.1) is 10.2 Å². The van der Waals surface area contributed by atoms with Crippen molar-refractivity contribution in [3.8, 4) is 5.82 Å². The number of aliphatic hydroxyl groups excluding tert-OH is 1. The number of carbonyl (C=O) groups is 1. The zero-order valence-electron chi connectivity index (χ0n) is 13.5. The Morgan fingerprint density at radius 3 is 2.92 bits per heavy atom. The van der Waals surface area contributed by atoms with Crippen molar-refractivity contribution < 1.29 is 9.90 Å². The van der Waals surface area contributed by atoms with E-state index in [1.807, 2.05) is 0 Å². The Bertz CT molecular complexity index is 815. The van der Waals surface area contributed by atoms with Gasteiger partial charge in [0.2, 0.25) is 0 Å². The van der Waals surface area contributed by atoms with Gasteiger partial charge in [0.15, 0.2) is 16.7 Å². The summed E-state index contributed by atoms with van der Waals surface area (Å²) in [6.45, 7) is 3.39. The van der Waals surface area contributed by atoms with Gasteiger partial charge in [-0.05, 0) is 44.7 Å². The second kappa shape index (κ2) is 5.26. The minimum Gasteiger partial charge on any atom is -0.394 e. The molecule has 0 saturated heterocycles. The summed E-state index contributed by atoms with van der Waals surface area (Å²) in [6, 6.07) is 3.41. The Labute approximate surface area is 144 Å². The average molecular weight is 348 g/mol. The third-order valence-electron chi connectivity index (χ3n) is 4.66. The number of hydrogen-bond donors (Lipinski definition) is 2. The van der Waals surface area contributed by atoms with Gasteiger partial charge >= 0.3 is 0 Å². The molecule has 0 unspecified atom stereocenters. The fraction of sp³-hybridized carbons (Fsp3) is 0.500. The van der Waals surface area contributed by atoms with Crippen LogP contribution in [0.2, 0.25) is 5.15 Å². The summed E-state index contributed by atoms with van der Waals surface area (Å²) in [7, 11) is 0. The van der Waals surface area contributed by atoms with E-state index >= 15 is 0 Å². The van der Waals surface area contributed by atoms with E-state index in [1.165, 1.54) is 0 Å². The number of aromatic nitrogens is 4. The number of amides is 1. The Morgan fingerprint density at radius 1 is 1.46 bits per heavy atom. The fourth-order valence-corrected chi connectivity index (χ4v) is 3.40. The largest absolute Gasteiger partial charge is 0.394 e. The minimum absolute atomic E-state index is 0.143. The molecule has 2 aromatic rings. The molecule has 1 fully saturated rings. The molecule has 2 aliphatic carbocycles. The summed E-state index contributed by atoms with van der Waals surface area (Å²) in [4.78, 5) is 12.6. The molecule has 0 radical (unpaired) electrons. The molecule has 7 nitrogen and oxygen atoms in total. The smallest absolute Gasteiger partial charge is 0.272 e. The maximum absolute atomic E-state index is 12.6. The lowest BCUT2D eigenvalue weighted by Crippen LogP contribution is -2.46. The van der Waals surface area contributed by atoms with Crippen LogP contribution in [-0.4, -0.2) is 43.1 Å². The third-order valence-corrected chi connectivity index (χ3v) is 4.86. The van der Waals surface area contributed by atoms with Gasteiger partial charge in [0.25, 0.3) is 5.91 Å². The van der Waals surface area contributed by atoms with Crippen molar-refractivity contribution in [3.63, 3.8) is 0 Å². The molecule has 0 bridgehead atoms. The number of halogens is 1. The monoisotopic (exact) mass is 347 g/mol. The number of nitrogens with zero attached hydrogens (tertiary/aromatic N) is 4. The van der Waals surface area contributed by atoms with Gasteiger partial charge in [-0.2, -0.15) is 5.10 Å². The molecule has 2 atom stereocenters. The van der Waals surface area contributed by atoms with Gasteiger partial charge in [0, 0.05) is 11.5 Å². The molecule has 2 aromatic heterocycles. The molecule has 1 amide bonds. The predicted octanol–water partition coefficient (Wildman–Crippen LogP) is 1.48. The number of rotatable bonds is 4. The van der Waals surface area contributed by atoms with Gasteiger partial charge in [-0.1, -0.05) is 11.6 Å². The zero-order valence-corrected chi connectivity index (χ0v) is 14.2. The van der Waals surface area contributed by atoms with Gasteiger partial charge in [-0.25, -0.2) is 4.68 Å². The molecular formula is C16H18ClN5O2. The molecule has 2 N–H and O–H groups in total. The highest BCUT2D eigenvalue weighted by atomic mass is 35.5. The molecule has 2 heterocycles. The normalized spacial score (nSPS) is 21.3. The highest BCUT2D eigenvalue weighted by Gasteiger charge is 2.50. The van der Waals surface area contributed by atoms with Crippen LogP contribution < -0.4 is 5.32 Å². The van der Waals surface area contributed by atoms with Crippen LogP contribution in [0, 0.1) is 5.92 Å². The number of fused-ring (bicyclic) bond motifs is 3. The van der Waals surface area contributed by atoms with Crippen LogP contribution in [0.5, 0.6) is 0 Å². The summed E-state index contributed by atoms with van der Waals surface area (Å²) >= 11 is 5.81. The summed E-state index contributed by atoms with van der Waals surface area (Å²) in [5.41, 5.74) is 1.76. The van der Waals surface area contributed by atoms with E-state index in [0.717, 1.165) is 24.1 Å². The summed E-state index contributed by atoms with van der Waals surface area (Å²) in [5.74, 6) is 1.33. The first-order chi connectivity index (χ1) is 11.4. The molecule has 0 spiro atoms. The summed E-state index contributed by atoms with van der Waals surface area (Å²) in [5, 5.41) is 25.0. The number of hydrogen-bond acceptors (Lipinski definition) is 5. The lowest BCUT2D eigenvalue weighted by molar-refractivity contribution is 0.0863. The van der Waals surface area contributed by atoms with E-state index < -0.39 is 5.54 Å². The molecule has 1 saturated carbocycles. The van der Waals surface area contributed by atoms with Crippen molar-refractivity contribution in [2.75, 3.05) is 6.61 Å². The van der Waals surface area contributed by atoms with Crippen molar-refractivity contribution >= 4 is 17.5 Å². The van der Waals surface area contributed by atoms with Crippen LogP contribution in [0.4, 0.5) is 0 Å². The van der Waals surface area contributed by atoms with Crippen LogP contribution in [0.1, 0.15) is 47.9 Å². The molecule has 2 aliphatic rings. The Balaban J connectivity index is 1.75. The zero-order chi connectivity index (χ0) is 17.1. The maximum Gasteiger partial charge on any atom is 0.272 e. The quantitative estimate of drug-likeness (QED) is 0.873. The molecule has 126 valence electrons. The fourth-order valence-electron chi connectivity index (χ4n) is 3.30. The Hall–Kier alpha value is -1.99. The second-order valence-corrected chi connectivity index (χ2v) is 7.53. The summed E-state index contributed by atoms with van der Waals surface area (Å²) < 4.78 is 1.72. The van der Waals surface area contributed by atoms with E-state index in [9.17, 15) is 9.90 Å². The standard InChI is InChI=1S/C16H18ClN5O2/c1-16(2,7-23)18-15(24)13-10-6-8-5-9(8)14(10)22(21-13)12-4-3-11(17)19-20-12/h3-4,8-9,23H,5-7H2,1-2H3,(H,18,24)/t8-,9-/m1/s1. The van der Waals surface area contributed by atoms with Gasteiger partial charge in [0.05, 0.1) is 17.8 Å². The van der Waals surface area contributed by atoms with Crippen LogP contribution in [0.3, 0.4) is 0 Å². The molecular weight excluding hydrogens is 330 g/mol. The van der Waals surface area contributed by atoms with E-state index in [4.69, 9.17) is 11.6 Å². The van der Waals surface area contributed by atoms with Crippen LogP contribution in [-0.2, 0) is 6.42 Å². The van der Waals surface area contributed by atoms with Gasteiger partial charge < -0.3 is 10.4 Å². The van der Waals surface area contributed by atoms with E-state index in [-0.39, 0.29) is 12.5 Å². The molecule has 4 rings (SSSR count). The highest BCUT2D eigenvalue weighted by molar-refractivity contribution is 6.29. The third kappa shape index (κ3) is 2.48. The first kappa shape index (κ1) is 15.5. The van der Waals surface area contributed by atoms with Crippen molar-refractivity contribution in [2.45, 2.75) is 38.1 Å². The van der Waals surface area contributed by atoms with Crippen molar-refractivity contribution in [2.24, 2.45) is 5.92 Å². The lowest BCUT2D eigenvalue weighted by atomic mass is 10.1. The average Bonchev–Trinajstić information content (AvgIpc) is 3.04.